The Bertz CT molecular complexity index is 2550. The van der Waals surface area contributed by atoms with Gasteiger partial charge in [-0.15, -0.1) is 6.58 Å². The van der Waals surface area contributed by atoms with Gasteiger partial charge in [0.1, 0.15) is 24.1 Å². The second kappa shape index (κ2) is 34.7. The zero-order valence-electron chi connectivity index (χ0n) is 49.9. The number of non-ortho nitro benzene ring substituents is 1. The fourth-order valence-electron chi connectivity index (χ4n) is 12.9. The summed E-state index contributed by atoms with van der Waals surface area (Å²) in [6.07, 6.45) is 29.9. The Hall–Kier alpha value is -5.97. The van der Waals surface area contributed by atoms with Gasteiger partial charge in [0.25, 0.3) is 5.69 Å². The lowest BCUT2D eigenvalue weighted by Gasteiger charge is -2.60. The van der Waals surface area contributed by atoms with Crippen LogP contribution in [0.4, 0.5) is 10.5 Å². The van der Waals surface area contributed by atoms with Crippen molar-refractivity contribution < 1.29 is 53.2 Å². The van der Waals surface area contributed by atoms with Crippen LogP contribution in [0.5, 0.6) is 23.0 Å². The van der Waals surface area contributed by atoms with E-state index in [2.05, 4.69) is 31.8 Å². The molecule has 0 saturated heterocycles. The maximum absolute atomic E-state index is 15.5. The summed E-state index contributed by atoms with van der Waals surface area (Å²) in [7, 11) is 0. The van der Waals surface area contributed by atoms with E-state index in [1.165, 1.54) is 89.2 Å². The van der Waals surface area contributed by atoms with Crippen molar-refractivity contribution in [2.45, 2.75) is 218 Å². The molecule has 7 rings (SSSR count). The molecule has 2 aliphatic carbocycles. The number of benzene rings is 3. The molecule has 1 saturated carbocycles. The standard InChI is InChI=1S/C67H96N4O12/c1-4-7-9-11-13-15-17-19-21-25-39-68-66(75)82-54-36-38-59-57(45-54)64-55(29-24-27-41-73)52(28-23-26-40-72)44-56-58(69-81-48-50-31-34-53(35-32-50)71(76)77)46-62(67(83-59,65(56)64)80-42-6-3)70(47-51-33-37-60-61(43-51)79-49-78-60)63(74)30-22-20-18-16-14-12-10-8-5-2/h6,31-38,43-45,52,55,62,64-65,72-73H,3-5,7-30,39-42,46-49H2,1-2H3,(H,68,75). The maximum atomic E-state index is 15.5. The molecular formula is C67H96N4O12. The molecule has 6 unspecified atom stereocenters. The summed E-state index contributed by atoms with van der Waals surface area (Å²) in [6, 6.07) is 16.7. The number of nitro benzene ring substituents is 1. The fourth-order valence-corrected chi connectivity index (χ4v) is 12.9. The first-order chi connectivity index (χ1) is 40.6. The van der Waals surface area contributed by atoms with E-state index in [4.69, 9.17) is 33.7 Å². The highest BCUT2D eigenvalue weighted by Crippen LogP contribution is 2.62. The Labute approximate surface area is 493 Å². The molecule has 1 fully saturated rings. The van der Waals surface area contributed by atoms with E-state index in [9.17, 15) is 25.1 Å². The van der Waals surface area contributed by atoms with Gasteiger partial charge in [0.15, 0.2) is 11.5 Å². The fraction of sp³-hybridized carbons (Fsp3) is 0.627. The highest BCUT2D eigenvalue weighted by Gasteiger charge is 2.65. The molecule has 2 amide bonds. The number of rotatable bonds is 40. The maximum Gasteiger partial charge on any atom is 0.412 e. The van der Waals surface area contributed by atoms with Crippen LogP contribution in [0.3, 0.4) is 0 Å². The number of hydrogen-bond acceptors (Lipinski definition) is 13. The normalized spacial score (nSPS) is 20.7. The molecule has 16 nitrogen and oxygen atoms in total. The molecule has 0 spiro atoms. The summed E-state index contributed by atoms with van der Waals surface area (Å²) < 4.78 is 32.6. The molecule has 2 heterocycles. The van der Waals surface area contributed by atoms with E-state index in [1.54, 1.807) is 24.3 Å². The molecule has 16 heteroatoms. The molecule has 83 heavy (non-hydrogen) atoms. The van der Waals surface area contributed by atoms with Crippen molar-refractivity contribution in [2.75, 3.05) is 33.2 Å². The molecule has 3 N–H and O–H groups in total. The number of carbonyl (C=O) groups excluding carboxylic acids is 2. The predicted molar refractivity (Wildman–Crippen MR) is 324 cm³/mol. The van der Waals surface area contributed by atoms with Crippen LogP contribution >= 0.6 is 0 Å². The number of nitro groups is 1. The smallest absolute Gasteiger partial charge is 0.412 e. The minimum atomic E-state index is -1.53. The lowest BCUT2D eigenvalue weighted by atomic mass is 9.55. The Morgan fingerprint density at radius 3 is 2.06 bits per heavy atom. The van der Waals surface area contributed by atoms with Crippen LogP contribution in [0.1, 0.15) is 210 Å². The van der Waals surface area contributed by atoms with E-state index in [1.807, 2.05) is 35.2 Å². The van der Waals surface area contributed by atoms with Gasteiger partial charge in [0, 0.05) is 62.8 Å². The zero-order valence-corrected chi connectivity index (χ0v) is 49.9. The quantitative estimate of drug-likeness (QED) is 0.0211. The van der Waals surface area contributed by atoms with Crippen LogP contribution in [0.25, 0.3) is 0 Å². The highest BCUT2D eigenvalue weighted by atomic mass is 16.7. The van der Waals surface area contributed by atoms with Gasteiger partial charge in [-0.3, -0.25) is 14.9 Å². The van der Waals surface area contributed by atoms with Gasteiger partial charge < -0.3 is 49.0 Å². The summed E-state index contributed by atoms with van der Waals surface area (Å²) in [6.45, 7) is 9.58. The molecule has 2 aliphatic heterocycles. The van der Waals surface area contributed by atoms with Crippen molar-refractivity contribution in [1.29, 1.82) is 0 Å². The van der Waals surface area contributed by atoms with Crippen LogP contribution in [0.15, 0.2) is 90.1 Å². The second-order valence-electron chi connectivity index (χ2n) is 23.3. The van der Waals surface area contributed by atoms with Crippen LogP contribution in [-0.4, -0.2) is 82.7 Å². The molecule has 0 radical (unpaired) electrons. The number of oxime groups is 1. The van der Waals surface area contributed by atoms with Crippen LogP contribution in [0, 0.1) is 27.9 Å². The molecule has 4 aliphatic rings. The number of amides is 2. The van der Waals surface area contributed by atoms with E-state index in [0.717, 1.165) is 80.9 Å². The van der Waals surface area contributed by atoms with Crippen LogP contribution in [-0.2, 0) is 27.5 Å². The van der Waals surface area contributed by atoms with Crippen LogP contribution < -0.4 is 24.3 Å². The van der Waals surface area contributed by atoms with Crippen LogP contribution in [0.2, 0.25) is 0 Å². The molecule has 6 atom stereocenters. The number of hydrogen-bond donors (Lipinski definition) is 3. The Balaban J connectivity index is 1.29. The first kappa shape index (κ1) is 64.6. The molecule has 456 valence electrons. The number of allylic oxidation sites excluding steroid dienone is 1. The van der Waals surface area contributed by atoms with Crippen molar-refractivity contribution in [3.63, 3.8) is 0 Å². The number of carbonyl (C=O) groups is 2. The van der Waals surface area contributed by atoms with E-state index in [0.29, 0.717) is 66.5 Å². The van der Waals surface area contributed by atoms with Gasteiger partial charge >= 0.3 is 6.09 Å². The van der Waals surface area contributed by atoms with Crippen molar-refractivity contribution in [3.8, 4) is 23.0 Å². The molecular weight excluding hydrogens is 1050 g/mol. The summed E-state index contributed by atoms with van der Waals surface area (Å²) in [5.41, 5.74) is 3.78. The lowest BCUT2D eigenvalue weighted by Crippen LogP contribution is -2.70. The average molecular weight is 1150 g/mol. The third-order valence-corrected chi connectivity index (χ3v) is 17.2. The zero-order chi connectivity index (χ0) is 58.7. The number of aliphatic hydroxyl groups is 2. The third-order valence-electron chi connectivity index (χ3n) is 17.2. The first-order valence-electron chi connectivity index (χ1n) is 31.7. The van der Waals surface area contributed by atoms with Gasteiger partial charge in [-0.2, -0.15) is 0 Å². The number of ether oxygens (including phenoxy) is 5. The average Bonchev–Trinajstić information content (AvgIpc) is 1.62. The number of nitrogens with one attached hydrogen (secondary N) is 1. The van der Waals surface area contributed by atoms with Gasteiger partial charge in [-0.05, 0) is 110 Å². The summed E-state index contributed by atoms with van der Waals surface area (Å²) in [4.78, 5) is 48.5. The number of nitrogens with zero attached hydrogens (tertiary/aromatic N) is 3. The second-order valence-corrected chi connectivity index (χ2v) is 23.3. The first-order valence-corrected chi connectivity index (χ1v) is 31.7. The monoisotopic (exact) mass is 1150 g/mol. The summed E-state index contributed by atoms with van der Waals surface area (Å²) >= 11 is 0. The Kier molecular flexibility index (Phi) is 27.0. The SMILES string of the molecule is C=CCOC12Oc3ccc(OC(=O)NCCCCCCCCCCCC)cc3C3C(CCCCO)C(CCCCO)C=C(C(=NOCc4ccc([N+](=O)[O-])cc4)CC1N(Cc1ccc4c(c1)OCO4)C(=O)CCCCCCCCCCC)C32. The Morgan fingerprint density at radius 2 is 1.40 bits per heavy atom. The van der Waals surface area contributed by atoms with Gasteiger partial charge in [-0.25, -0.2) is 4.79 Å². The largest absolute Gasteiger partial charge is 0.459 e. The third kappa shape index (κ3) is 18.5. The Morgan fingerprint density at radius 1 is 0.771 bits per heavy atom. The number of aliphatic hydroxyl groups excluding tert-OH is 2. The molecule has 0 bridgehead atoms. The minimum Gasteiger partial charge on any atom is -0.459 e. The van der Waals surface area contributed by atoms with Crippen molar-refractivity contribution in [1.82, 2.24) is 10.2 Å². The van der Waals surface area contributed by atoms with Gasteiger partial charge in [0.2, 0.25) is 18.5 Å². The molecule has 3 aromatic carbocycles. The lowest BCUT2D eigenvalue weighted by molar-refractivity contribution is -0.384. The minimum absolute atomic E-state index is 0.0229. The molecule has 3 aromatic rings. The summed E-state index contributed by atoms with van der Waals surface area (Å²) in [5, 5.41) is 39.9. The molecule has 0 aromatic heterocycles. The van der Waals surface area contributed by atoms with E-state index in [-0.39, 0.29) is 75.5 Å². The van der Waals surface area contributed by atoms with Gasteiger partial charge in [0.05, 0.1) is 23.2 Å². The van der Waals surface area contributed by atoms with Crippen molar-refractivity contribution in [3.05, 3.63) is 112 Å². The predicted octanol–water partition coefficient (Wildman–Crippen LogP) is 15.1. The van der Waals surface area contributed by atoms with E-state index >= 15 is 4.79 Å². The topological polar surface area (TPSA) is 201 Å². The highest BCUT2D eigenvalue weighted by molar-refractivity contribution is 6.03. The number of fused-ring (bicyclic) bond motifs is 3. The number of unbranched alkanes of at least 4 members (excludes halogenated alkanes) is 19. The van der Waals surface area contributed by atoms with E-state index < -0.39 is 28.8 Å². The van der Waals surface area contributed by atoms with Crippen molar-refractivity contribution in [2.24, 2.45) is 22.9 Å². The summed E-state index contributed by atoms with van der Waals surface area (Å²) in [5.74, 6) is -0.523. The van der Waals surface area contributed by atoms with Gasteiger partial charge in [-0.1, -0.05) is 159 Å². The van der Waals surface area contributed by atoms with Crippen molar-refractivity contribution >= 4 is 23.4 Å².